The van der Waals surface area contributed by atoms with Gasteiger partial charge in [-0.3, -0.25) is 0 Å². The van der Waals surface area contributed by atoms with E-state index in [1.807, 2.05) is 199 Å². The Labute approximate surface area is 349 Å². The summed E-state index contributed by atoms with van der Waals surface area (Å²) in [5, 5.41) is 6.81. The average molecular weight is 937 g/mol. The molecule has 3 aliphatic rings. The first-order valence-corrected chi connectivity index (χ1v) is 18.5. The zero-order valence-electron chi connectivity index (χ0n) is 31.8. The fourth-order valence-corrected chi connectivity index (χ4v) is 7.35. The van der Waals surface area contributed by atoms with Crippen LogP contribution in [0.1, 0.15) is 0 Å². The van der Waals surface area contributed by atoms with Gasteiger partial charge in [0.25, 0.3) is 0 Å². The molecular weight excluding hydrogens is 901 g/mol. The predicted octanol–water partition coefficient (Wildman–Crippen LogP) is 11.2. The molecule has 9 aromatic rings. The van der Waals surface area contributed by atoms with Crippen molar-refractivity contribution in [3.8, 4) is 0 Å². The first-order chi connectivity index (χ1) is 28.0. The van der Waals surface area contributed by atoms with Crippen molar-refractivity contribution in [2.45, 2.75) is 0 Å². The SMILES string of the molecule is CN1C=CN(c2[c-]ccc3c2oc2ccccc23)[CH-]1.CN1C=CN(c2[c-]ccc3c2oc2ccccc23)[CH-]1.CN1C=CN(c2[c-]ccc3c2oc2ccccc23)[CH-]1.[Ir]. The number of furan rings is 3. The zero-order valence-corrected chi connectivity index (χ0v) is 34.2. The van der Waals surface area contributed by atoms with Crippen LogP contribution in [-0.2, 0) is 20.1 Å². The van der Waals surface area contributed by atoms with Crippen molar-refractivity contribution in [3.05, 3.63) is 185 Å². The van der Waals surface area contributed by atoms with Gasteiger partial charge in [-0.2, -0.15) is 74.6 Å². The number of nitrogens with zero attached hydrogens (tertiary/aromatic N) is 6. The minimum Gasteiger partial charge on any atom is -0.514 e. The van der Waals surface area contributed by atoms with Gasteiger partial charge in [0.1, 0.15) is 16.7 Å². The number of rotatable bonds is 3. The summed E-state index contributed by atoms with van der Waals surface area (Å²) in [4.78, 5) is 12.0. The monoisotopic (exact) mass is 937 g/mol. The van der Waals surface area contributed by atoms with Crippen molar-refractivity contribution in [3.63, 3.8) is 0 Å². The minimum absolute atomic E-state index is 0. The van der Waals surface area contributed by atoms with Gasteiger partial charge >= 0.3 is 0 Å². The maximum Gasteiger partial charge on any atom is 0.116 e. The fraction of sp³-hybridized carbons (Fsp3) is 0.0625. The molecule has 0 saturated heterocycles. The molecule has 0 saturated carbocycles. The normalized spacial score (nSPS) is 14.7. The van der Waals surface area contributed by atoms with E-state index >= 15 is 0 Å². The second-order valence-corrected chi connectivity index (χ2v) is 14.0. The van der Waals surface area contributed by atoms with Crippen molar-refractivity contribution < 1.29 is 33.4 Å². The molecule has 0 fully saturated rings. The van der Waals surface area contributed by atoms with E-state index in [4.69, 9.17) is 13.3 Å². The molecule has 58 heavy (non-hydrogen) atoms. The molecule has 9 nitrogen and oxygen atoms in total. The number of fused-ring (bicyclic) bond motifs is 9. The van der Waals surface area contributed by atoms with Crippen LogP contribution in [0.25, 0.3) is 65.8 Å². The standard InChI is InChI=1S/3C16H12N2O.Ir/c3*1-17-9-10-18(11-17)14-7-4-6-13-12-5-2-3-8-15(12)19-16(13)14;/h3*2-6,8-11H,1H3;/q3*-2;. The van der Waals surface area contributed by atoms with Gasteiger partial charge in [0.05, 0.1) is 0 Å². The largest absolute Gasteiger partial charge is 0.514 e. The molecule has 10 heteroatoms. The van der Waals surface area contributed by atoms with Crippen LogP contribution in [0, 0.1) is 38.2 Å². The predicted molar refractivity (Wildman–Crippen MR) is 229 cm³/mol. The van der Waals surface area contributed by atoms with Crippen molar-refractivity contribution in [2.75, 3.05) is 35.8 Å². The van der Waals surface area contributed by atoms with Gasteiger partial charge in [-0.15, -0.1) is 0 Å². The molecule has 0 atom stereocenters. The third kappa shape index (κ3) is 6.70. The van der Waals surface area contributed by atoms with E-state index in [1.54, 1.807) is 0 Å². The van der Waals surface area contributed by atoms with Crippen LogP contribution in [0.4, 0.5) is 17.1 Å². The second kappa shape index (κ2) is 15.4. The first kappa shape index (κ1) is 37.0. The second-order valence-electron chi connectivity index (χ2n) is 14.0. The topological polar surface area (TPSA) is 58.9 Å². The first-order valence-electron chi connectivity index (χ1n) is 18.5. The average Bonchev–Trinajstić information content (AvgIpc) is 4.11. The Morgan fingerprint density at radius 2 is 0.672 bits per heavy atom. The van der Waals surface area contributed by atoms with Crippen LogP contribution < -0.4 is 14.7 Å². The number of para-hydroxylation sites is 3. The van der Waals surface area contributed by atoms with Gasteiger partial charge in [0, 0.05) is 53.0 Å². The van der Waals surface area contributed by atoms with E-state index in [1.165, 1.54) is 0 Å². The van der Waals surface area contributed by atoms with Gasteiger partial charge in [0.15, 0.2) is 0 Å². The summed E-state index contributed by atoms with van der Waals surface area (Å²) in [5.74, 6) is 0. The van der Waals surface area contributed by atoms with Crippen LogP contribution in [-0.4, -0.2) is 35.8 Å². The van der Waals surface area contributed by atoms with Crippen LogP contribution in [0.15, 0.2) is 160 Å². The summed E-state index contributed by atoms with van der Waals surface area (Å²) in [6.45, 7) is 6.00. The molecule has 0 bridgehead atoms. The molecule has 0 aliphatic carbocycles. The van der Waals surface area contributed by atoms with Gasteiger partial charge in [0.2, 0.25) is 0 Å². The van der Waals surface area contributed by atoms with E-state index in [0.717, 1.165) is 82.9 Å². The van der Waals surface area contributed by atoms with Crippen LogP contribution >= 0.6 is 0 Å². The quantitative estimate of drug-likeness (QED) is 0.161. The molecule has 291 valence electrons. The molecule has 0 spiro atoms. The zero-order chi connectivity index (χ0) is 38.5. The van der Waals surface area contributed by atoms with Crippen LogP contribution in [0.3, 0.4) is 0 Å². The van der Waals surface area contributed by atoms with Crippen LogP contribution in [0.2, 0.25) is 0 Å². The molecule has 6 heterocycles. The van der Waals surface area contributed by atoms with E-state index < -0.39 is 0 Å². The number of anilines is 3. The van der Waals surface area contributed by atoms with Crippen molar-refractivity contribution in [1.29, 1.82) is 0 Å². The Bertz CT molecular complexity index is 2690. The molecular formula is C48H36IrN6O3-6. The third-order valence-corrected chi connectivity index (χ3v) is 10.0. The van der Waals surface area contributed by atoms with Gasteiger partial charge < -0.3 is 42.7 Å². The van der Waals surface area contributed by atoms with Crippen molar-refractivity contribution in [2.24, 2.45) is 0 Å². The molecule has 6 aromatic carbocycles. The Morgan fingerprint density at radius 3 is 0.948 bits per heavy atom. The van der Waals surface area contributed by atoms with E-state index in [-0.39, 0.29) is 20.1 Å². The molecule has 0 unspecified atom stereocenters. The number of hydrogen-bond donors (Lipinski definition) is 0. The smallest absolute Gasteiger partial charge is 0.116 e. The van der Waals surface area contributed by atoms with E-state index in [0.29, 0.717) is 0 Å². The fourth-order valence-electron chi connectivity index (χ4n) is 7.35. The molecule has 3 aromatic heterocycles. The van der Waals surface area contributed by atoms with E-state index in [2.05, 4.69) is 36.4 Å². The summed E-state index contributed by atoms with van der Waals surface area (Å²) < 4.78 is 18.0. The van der Waals surface area contributed by atoms with Gasteiger partial charge in [-0.05, 0) is 76.5 Å². The third-order valence-electron chi connectivity index (χ3n) is 10.0. The molecule has 3 aliphatic heterocycles. The Morgan fingerprint density at radius 1 is 0.379 bits per heavy atom. The summed E-state index contributed by atoms with van der Waals surface area (Å²) in [6, 6.07) is 46.1. The van der Waals surface area contributed by atoms with Gasteiger partial charge in [-0.1, -0.05) is 87.8 Å². The summed E-state index contributed by atoms with van der Waals surface area (Å²) in [7, 11) is 5.99. The Hall–Kier alpha value is -6.61. The van der Waals surface area contributed by atoms with Crippen molar-refractivity contribution >= 4 is 82.9 Å². The Balaban J connectivity index is 0.000000112. The maximum atomic E-state index is 5.99. The van der Waals surface area contributed by atoms with Gasteiger partial charge in [-0.25, -0.2) is 0 Å². The number of hydrogen-bond acceptors (Lipinski definition) is 9. The molecule has 1 radical (unpaired) electrons. The summed E-state index contributed by atoms with van der Waals surface area (Å²) >= 11 is 0. The molecule has 12 rings (SSSR count). The molecule has 0 amide bonds. The molecule has 0 N–H and O–H groups in total. The number of benzene rings is 6. The minimum atomic E-state index is 0. The summed E-state index contributed by atoms with van der Waals surface area (Å²) in [6.07, 6.45) is 12.0. The Kier molecular flexibility index (Phi) is 9.81. The van der Waals surface area contributed by atoms with Crippen LogP contribution in [0.5, 0.6) is 0 Å². The van der Waals surface area contributed by atoms with E-state index in [9.17, 15) is 0 Å². The maximum absolute atomic E-state index is 5.99. The summed E-state index contributed by atoms with van der Waals surface area (Å²) in [5.41, 5.74) is 8.18. The van der Waals surface area contributed by atoms with Crippen molar-refractivity contribution in [1.82, 2.24) is 14.7 Å².